The first-order valence-electron chi connectivity index (χ1n) is 6.19. The summed E-state index contributed by atoms with van der Waals surface area (Å²) in [7, 11) is 0. The van der Waals surface area contributed by atoms with Crippen LogP contribution in [0.15, 0.2) is 69.3 Å². The van der Waals surface area contributed by atoms with E-state index >= 15 is 0 Å². The second-order valence-electron chi connectivity index (χ2n) is 4.24. The first-order valence-corrected chi connectivity index (χ1v) is 8.85. The van der Waals surface area contributed by atoms with E-state index in [0.29, 0.717) is 0 Å². The van der Waals surface area contributed by atoms with Crippen LogP contribution in [0.3, 0.4) is 0 Å². The number of thiazole rings is 1. The number of hydrogen-bond acceptors (Lipinski definition) is 3. The van der Waals surface area contributed by atoms with Gasteiger partial charge in [-0.05, 0) is 24.3 Å². The van der Waals surface area contributed by atoms with Crippen LogP contribution in [0.4, 0.5) is 0 Å². The SMILES string of the molecule is Brc1cccc(-c2csc(CSc3ccccc3)n2)c1. The Kier molecular flexibility index (Phi) is 4.55. The van der Waals surface area contributed by atoms with E-state index in [9.17, 15) is 0 Å². The molecule has 0 saturated heterocycles. The van der Waals surface area contributed by atoms with Crippen molar-refractivity contribution in [2.24, 2.45) is 0 Å². The monoisotopic (exact) mass is 361 g/mol. The standard InChI is InChI=1S/C16H12BrNS2/c17-13-6-4-5-12(9-13)15-10-20-16(18-15)11-19-14-7-2-1-3-8-14/h1-10H,11H2. The average molecular weight is 362 g/mol. The molecule has 100 valence electrons. The summed E-state index contributed by atoms with van der Waals surface area (Å²) in [5, 5.41) is 3.29. The highest BCUT2D eigenvalue weighted by atomic mass is 79.9. The van der Waals surface area contributed by atoms with Gasteiger partial charge in [-0.1, -0.05) is 46.3 Å². The van der Waals surface area contributed by atoms with Crippen molar-refractivity contribution >= 4 is 39.0 Å². The van der Waals surface area contributed by atoms with E-state index in [1.807, 2.05) is 30.0 Å². The van der Waals surface area contributed by atoms with Gasteiger partial charge in [0.1, 0.15) is 5.01 Å². The van der Waals surface area contributed by atoms with Crippen LogP contribution in [0, 0.1) is 0 Å². The Morgan fingerprint density at radius 2 is 1.90 bits per heavy atom. The minimum absolute atomic E-state index is 0.919. The fourth-order valence-electron chi connectivity index (χ4n) is 1.82. The fraction of sp³-hybridized carbons (Fsp3) is 0.0625. The summed E-state index contributed by atoms with van der Waals surface area (Å²) in [6.45, 7) is 0. The summed E-state index contributed by atoms with van der Waals surface area (Å²) in [5.41, 5.74) is 2.21. The maximum atomic E-state index is 4.71. The molecule has 1 aromatic heterocycles. The van der Waals surface area contributed by atoms with Crippen molar-refractivity contribution in [3.05, 3.63) is 69.5 Å². The number of rotatable bonds is 4. The lowest BCUT2D eigenvalue weighted by Crippen LogP contribution is -1.81. The maximum Gasteiger partial charge on any atom is 0.104 e. The quantitative estimate of drug-likeness (QED) is 0.539. The van der Waals surface area contributed by atoms with Crippen LogP contribution in [-0.2, 0) is 5.75 Å². The number of thioether (sulfide) groups is 1. The van der Waals surface area contributed by atoms with E-state index in [1.165, 1.54) is 4.90 Å². The van der Waals surface area contributed by atoms with Crippen molar-refractivity contribution in [3.8, 4) is 11.3 Å². The molecule has 20 heavy (non-hydrogen) atoms. The topological polar surface area (TPSA) is 12.9 Å². The molecule has 3 aromatic rings. The summed E-state index contributed by atoms with van der Waals surface area (Å²) >= 11 is 7.05. The van der Waals surface area contributed by atoms with Gasteiger partial charge in [-0.15, -0.1) is 23.1 Å². The smallest absolute Gasteiger partial charge is 0.104 e. The lowest BCUT2D eigenvalue weighted by Gasteiger charge is -1.99. The highest BCUT2D eigenvalue weighted by Crippen LogP contribution is 2.28. The van der Waals surface area contributed by atoms with Gasteiger partial charge in [0.2, 0.25) is 0 Å². The second-order valence-corrected chi connectivity index (χ2v) is 7.15. The van der Waals surface area contributed by atoms with Gasteiger partial charge in [-0.25, -0.2) is 4.98 Å². The third kappa shape index (κ3) is 3.51. The third-order valence-corrected chi connectivity index (χ3v) is 5.33. The molecule has 0 amide bonds. The Labute approximate surface area is 135 Å². The van der Waals surface area contributed by atoms with Gasteiger partial charge in [0, 0.05) is 20.3 Å². The van der Waals surface area contributed by atoms with Crippen LogP contribution in [-0.4, -0.2) is 4.98 Å². The molecule has 0 spiro atoms. The summed E-state index contributed by atoms with van der Waals surface area (Å²) in [4.78, 5) is 6.00. The molecule has 0 aliphatic carbocycles. The first kappa shape index (κ1) is 13.9. The zero-order chi connectivity index (χ0) is 13.8. The van der Waals surface area contributed by atoms with Crippen LogP contribution in [0.2, 0.25) is 0 Å². The maximum absolute atomic E-state index is 4.71. The van der Waals surface area contributed by atoms with Crippen molar-refractivity contribution in [2.45, 2.75) is 10.6 Å². The van der Waals surface area contributed by atoms with Crippen molar-refractivity contribution in [3.63, 3.8) is 0 Å². The molecule has 0 aliphatic heterocycles. The molecule has 0 N–H and O–H groups in total. The minimum atomic E-state index is 0.919. The van der Waals surface area contributed by atoms with Crippen molar-refractivity contribution in [1.29, 1.82) is 0 Å². The summed E-state index contributed by atoms with van der Waals surface area (Å²) in [6, 6.07) is 18.7. The highest BCUT2D eigenvalue weighted by molar-refractivity contribution is 9.10. The summed E-state index contributed by atoms with van der Waals surface area (Å²) < 4.78 is 1.09. The van der Waals surface area contributed by atoms with E-state index in [2.05, 4.69) is 57.7 Å². The van der Waals surface area contributed by atoms with Gasteiger partial charge in [0.25, 0.3) is 0 Å². The lowest BCUT2D eigenvalue weighted by molar-refractivity contribution is 1.26. The predicted octanol–water partition coefficient (Wildman–Crippen LogP) is 5.86. The van der Waals surface area contributed by atoms with Crippen LogP contribution in [0.25, 0.3) is 11.3 Å². The summed E-state index contributed by atoms with van der Waals surface area (Å²) in [6.07, 6.45) is 0. The summed E-state index contributed by atoms with van der Waals surface area (Å²) in [5.74, 6) is 0.919. The molecule has 0 bridgehead atoms. The van der Waals surface area contributed by atoms with E-state index < -0.39 is 0 Å². The zero-order valence-corrected chi connectivity index (χ0v) is 13.8. The van der Waals surface area contributed by atoms with Crippen LogP contribution in [0.5, 0.6) is 0 Å². The van der Waals surface area contributed by atoms with E-state index in [4.69, 9.17) is 4.98 Å². The molecule has 3 rings (SSSR count). The Balaban J connectivity index is 1.71. The highest BCUT2D eigenvalue weighted by Gasteiger charge is 2.05. The van der Waals surface area contributed by atoms with Crippen LogP contribution < -0.4 is 0 Å². The van der Waals surface area contributed by atoms with Gasteiger partial charge >= 0.3 is 0 Å². The molecule has 0 radical (unpaired) electrons. The number of hydrogen-bond donors (Lipinski definition) is 0. The van der Waals surface area contributed by atoms with Gasteiger partial charge in [-0.3, -0.25) is 0 Å². The predicted molar refractivity (Wildman–Crippen MR) is 91.3 cm³/mol. The van der Waals surface area contributed by atoms with Gasteiger partial charge in [0.15, 0.2) is 0 Å². The van der Waals surface area contributed by atoms with E-state index in [1.54, 1.807) is 11.3 Å². The lowest BCUT2D eigenvalue weighted by atomic mass is 10.2. The Hall–Kier alpha value is -1.10. The van der Waals surface area contributed by atoms with Gasteiger partial charge in [0.05, 0.1) is 11.4 Å². The molecule has 2 aromatic carbocycles. The molecule has 4 heteroatoms. The molecule has 0 unspecified atom stereocenters. The van der Waals surface area contributed by atoms with E-state index in [-0.39, 0.29) is 0 Å². The first-order chi connectivity index (χ1) is 9.81. The zero-order valence-electron chi connectivity index (χ0n) is 10.6. The van der Waals surface area contributed by atoms with Crippen LogP contribution in [0.1, 0.15) is 5.01 Å². The molecule has 1 heterocycles. The molecular weight excluding hydrogens is 350 g/mol. The molecular formula is C16H12BrNS2. The molecule has 0 aliphatic rings. The van der Waals surface area contributed by atoms with Crippen molar-refractivity contribution < 1.29 is 0 Å². The normalized spacial score (nSPS) is 10.7. The minimum Gasteiger partial charge on any atom is -0.240 e. The van der Waals surface area contributed by atoms with Crippen molar-refractivity contribution in [1.82, 2.24) is 4.98 Å². The molecule has 0 saturated carbocycles. The average Bonchev–Trinajstić information content (AvgIpc) is 2.95. The Morgan fingerprint density at radius 3 is 2.70 bits per heavy atom. The van der Waals surface area contributed by atoms with E-state index in [0.717, 1.165) is 26.5 Å². The van der Waals surface area contributed by atoms with Gasteiger partial charge < -0.3 is 0 Å². The number of benzene rings is 2. The molecule has 1 nitrogen and oxygen atoms in total. The number of nitrogens with zero attached hydrogens (tertiary/aromatic N) is 1. The molecule has 0 fully saturated rings. The number of halogens is 1. The van der Waals surface area contributed by atoms with Crippen LogP contribution >= 0.6 is 39.0 Å². The Bertz CT molecular complexity index is 694. The van der Waals surface area contributed by atoms with Crippen molar-refractivity contribution in [2.75, 3.05) is 0 Å². The largest absolute Gasteiger partial charge is 0.240 e. The fourth-order valence-corrected chi connectivity index (χ4v) is 3.96. The third-order valence-electron chi connectivity index (χ3n) is 2.78. The Morgan fingerprint density at radius 1 is 1.05 bits per heavy atom. The number of aromatic nitrogens is 1. The molecule has 0 atom stereocenters. The second kappa shape index (κ2) is 6.57. The van der Waals surface area contributed by atoms with Gasteiger partial charge in [-0.2, -0.15) is 0 Å².